The number of aliphatic imine (C=N–C) groups is 1. The Kier molecular flexibility index (Phi) is 7.86. The van der Waals surface area contributed by atoms with Crippen LogP contribution in [-0.2, 0) is 16.6 Å². The highest BCUT2D eigenvalue weighted by Crippen LogP contribution is 2.20. The van der Waals surface area contributed by atoms with Crippen LogP contribution in [0.5, 0.6) is 0 Å². The first-order valence-corrected chi connectivity index (χ1v) is 11.3. The highest BCUT2D eigenvalue weighted by molar-refractivity contribution is 7.89. The van der Waals surface area contributed by atoms with Gasteiger partial charge in [0.2, 0.25) is 10.0 Å². The van der Waals surface area contributed by atoms with Gasteiger partial charge in [-0.15, -0.1) is 0 Å². The number of guanidine groups is 1. The lowest BCUT2D eigenvalue weighted by Gasteiger charge is -2.41. The van der Waals surface area contributed by atoms with E-state index in [4.69, 9.17) is 0 Å². The zero-order chi connectivity index (χ0) is 20.8. The Morgan fingerprint density at radius 3 is 2.39 bits per heavy atom. The average Bonchev–Trinajstić information content (AvgIpc) is 2.69. The zero-order valence-electron chi connectivity index (χ0n) is 17.8. The van der Waals surface area contributed by atoms with Crippen molar-refractivity contribution in [1.29, 1.82) is 0 Å². The topological polar surface area (TPSA) is 77.0 Å². The van der Waals surface area contributed by atoms with E-state index in [2.05, 4.69) is 34.4 Å². The van der Waals surface area contributed by atoms with Crippen LogP contribution >= 0.6 is 0 Å². The van der Waals surface area contributed by atoms with Crippen LogP contribution in [-0.4, -0.2) is 69.9 Å². The molecule has 0 amide bonds. The highest BCUT2D eigenvalue weighted by Gasteiger charge is 2.28. The molecule has 28 heavy (non-hydrogen) atoms. The third-order valence-corrected chi connectivity index (χ3v) is 7.22. The summed E-state index contributed by atoms with van der Waals surface area (Å²) in [6.45, 7) is 7.92. The van der Waals surface area contributed by atoms with Gasteiger partial charge in [-0.2, -0.15) is 0 Å². The SMILES string of the molecule is CN=C(NCc1ccccc1S(=O)(=O)N(C)C)NCC(C)(C)N1CCCCC1. The van der Waals surface area contributed by atoms with Crippen molar-refractivity contribution in [2.75, 3.05) is 40.8 Å². The summed E-state index contributed by atoms with van der Waals surface area (Å²) in [5, 5.41) is 6.65. The van der Waals surface area contributed by atoms with Gasteiger partial charge < -0.3 is 10.6 Å². The Morgan fingerprint density at radius 2 is 1.79 bits per heavy atom. The molecule has 8 heteroatoms. The number of hydrogen-bond acceptors (Lipinski definition) is 4. The van der Waals surface area contributed by atoms with Crippen molar-refractivity contribution in [3.05, 3.63) is 29.8 Å². The van der Waals surface area contributed by atoms with Gasteiger partial charge in [0.1, 0.15) is 0 Å². The first-order valence-electron chi connectivity index (χ1n) is 9.88. The minimum atomic E-state index is -3.49. The molecular weight excluding hydrogens is 374 g/mol. The molecule has 0 aromatic heterocycles. The van der Waals surface area contributed by atoms with Gasteiger partial charge >= 0.3 is 0 Å². The van der Waals surface area contributed by atoms with Crippen LogP contribution in [0.2, 0.25) is 0 Å². The maximum Gasteiger partial charge on any atom is 0.242 e. The summed E-state index contributed by atoms with van der Waals surface area (Å²) in [4.78, 5) is 7.13. The molecule has 7 nitrogen and oxygen atoms in total. The number of rotatable bonds is 7. The van der Waals surface area contributed by atoms with Crippen molar-refractivity contribution in [2.45, 2.75) is 50.1 Å². The molecule has 0 spiro atoms. The van der Waals surface area contributed by atoms with Crippen LogP contribution in [0.1, 0.15) is 38.7 Å². The molecule has 0 bridgehead atoms. The van der Waals surface area contributed by atoms with E-state index in [9.17, 15) is 8.42 Å². The van der Waals surface area contributed by atoms with E-state index in [0.29, 0.717) is 17.4 Å². The van der Waals surface area contributed by atoms with E-state index in [1.807, 2.05) is 12.1 Å². The third kappa shape index (κ3) is 5.68. The molecule has 2 N–H and O–H groups in total. The third-order valence-electron chi connectivity index (χ3n) is 5.30. The Balaban J connectivity index is 2.00. The van der Waals surface area contributed by atoms with Crippen molar-refractivity contribution in [3.63, 3.8) is 0 Å². The molecule has 0 atom stereocenters. The molecular formula is C20H35N5O2S. The Labute approximate surface area is 170 Å². The van der Waals surface area contributed by atoms with Crippen LogP contribution in [0.4, 0.5) is 0 Å². The van der Waals surface area contributed by atoms with Crippen molar-refractivity contribution >= 4 is 16.0 Å². The molecule has 1 aromatic carbocycles. The van der Waals surface area contributed by atoms with E-state index < -0.39 is 10.0 Å². The van der Waals surface area contributed by atoms with Gasteiger partial charge in [-0.05, 0) is 51.4 Å². The second kappa shape index (κ2) is 9.71. The quantitative estimate of drug-likeness (QED) is 0.531. The van der Waals surface area contributed by atoms with Gasteiger partial charge in [0.25, 0.3) is 0 Å². The molecule has 1 heterocycles. The lowest BCUT2D eigenvalue weighted by molar-refractivity contribution is 0.0982. The molecule has 0 unspecified atom stereocenters. The smallest absolute Gasteiger partial charge is 0.242 e. The fourth-order valence-electron chi connectivity index (χ4n) is 3.41. The van der Waals surface area contributed by atoms with E-state index in [-0.39, 0.29) is 5.54 Å². The summed E-state index contributed by atoms with van der Waals surface area (Å²) < 4.78 is 26.3. The fourth-order valence-corrected chi connectivity index (χ4v) is 4.52. The second-order valence-electron chi connectivity index (χ2n) is 8.03. The van der Waals surface area contributed by atoms with E-state index in [0.717, 1.165) is 25.2 Å². The zero-order valence-corrected chi connectivity index (χ0v) is 18.6. The minimum absolute atomic E-state index is 0.0320. The fraction of sp³-hybridized carbons (Fsp3) is 0.650. The molecule has 0 saturated carbocycles. The molecule has 1 aliphatic rings. The number of benzene rings is 1. The van der Waals surface area contributed by atoms with Crippen molar-refractivity contribution in [3.8, 4) is 0 Å². The van der Waals surface area contributed by atoms with Crippen molar-refractivity contribution in [1.82, 2.24) is 19.8 Å². The largest absolute Gasteiger partial charge is 0.355 e. The van der Waals surface area contributed by atoms with Gasteiger partial charge in [-0.3, -0.25) is 9.89 Å². The van der Waals surface area contributed by atoms with Crippen molar-refractivity contribution < 1.29 is 8.42 Å². The monoisotopic (exact) mass is 409 g/mol. The van der Waals surface area contributed by atoms with Gasteiger partial charge in [-0.25, -0.2) is 12.7 Å². The number of piperidine rings is 1. The van der Waals surface area contributed by atoms with Crippen LogP contribution in [0.3, 0.4) is 0 Å². The first kappa shape index (κ1) is 22.6. The molecule has 1 aromatic rings. The number of nitrogens with one attached hydrogen (secondary N) is 2. The molecule has 1 aliphatic heterocycles. The summed E-state index contributed by atoms with van der Waals surface area (Å²) >= 11 is 0. The van der Waals surface area contributed by atoms with E-state index >= 15 is 0 Å². The standard InChI is InChI=1S/C20H35N5O2S/c1-20(2,25-13-9-6-10-14-25)16-23-19(21-3)22-15-17-11-7-8-12-18(17)28(26,27)24(4)5/h7-8,11-12H,6,9-10,13-16H2,1-5H3,(H2,21,22,23). The highest BCUT2D eigenvalue weighted by atomic mass is 32.2. The predicted octanol–water partition coefficient (Wildman–Crippen LogP) is 1.87. The summed E-state index contributed by atoms with van der Waals surface area (Å²) in [5.41, 5.74) is 0.749. The van der Waals surface area contributed by atoms with E-state index in [1.54, 1.807) is 33.3 Å². The van der Waals surface area contributed by atoms with Gasteiger partial charge in [0, 0.05) is 39.8 Å². The Bertz CT molecular complexity index is 769. The van der Waals surface area contributed by atoms with Gasteiger partial charge in [0.15, 0.2) is 5.96 Å². The van der Waals surface area contributed by atoms with Crippen LogP contribution < -0.4 is 10.6 Å². The predicted molar refractivity (Wildman–Crippen MR) is 115 cm³/mol. The number of hydrogen-bond donors (Lipinski definition) is 2. The molecule has 0 radical (unpaired) electrons. The molecule has 158 valence electrons. The maximum atomic E-state index is 12.5. The lowest BCUT2D eigenvalue weighted by atomic mass is 9.98. The average molecular weight is 410 g/mol. The molecule has 1 fully saturated rings. The van der Waals surface area contributed by atoms with Gasteiger partial charge in [0.05, 0.1) is 4.90 Å². The van der Waals surface area contributed by atoms with Crippen LogP contribution in [0.15, 0.2) is 34.2 Å². The second-order valence-corrected chi connectivity index (χ2v) is 10.2. The summed E-state index contributed by atoms with van der Waals surface area (Å²) in [7, 11) is 1.33. The normalized spacial score (nSPS) is 17.0. The number of sulfonamides is 1. The Morgan fingerprint density at radius 1 is 1.14 bits per heavy atom. The molecule has 1 saturated heterocycles. The first-order chi connectivity index (χ1) is 13.2. The molecule has 0 aliphatic carbocycles. The molecule has 2 rings (SSSR count). The van der Waals surface area contributed by atoms with Crippen LogP contribution in [0.25, 0.3) is 0 Å². The van der Waals surface area contributed by atoms with E-state index in [1.165, 1.54) is 23.6 Å². The summed E-state index contributed by atoms with van der Waals surface area (Å²) in [6, 6.07) is 7.06. The Hall–Kier alpha value is -1.64. The maximum absolute atomic E-state index is 12.5. The number of likely N-dealkylation sites (tertiary alicyclic amines) is 1. The number of nitrogens with zero attached hydrogens (tertiary/aromatic N) is 3. The summed E-state index contributed by atoms with van der Waals surface area (Å²) in [5.74, 6) is 0.669. The lowest BCUT2D eigenvalue weighted by Crippen LogP contribution is -2.54. The van der Waals surface area contributed by atoms with Crippen LogP contribution in [0, 0.1) is 0 Å². The van der Waals surface area contributed by atoms with Gasteiger partial charge in [-0.1, -0.05) is 24.6 Å². The minimum Gasteiger partial charge on any atom is -0.355 e. The summed E-state index contributed by atoms with van der Waals surface area (Å²) in [6.07, 6.45) is 3.83. The van der Waals surface area contributed by atoms with Crippen molar-refractivity contribution in [2.24, 2.45) is 4.99 Å².